The molecule has 1 amide bonds. The van der Waals surface area contributed by atoms with Gasteiger partial charge >= 0.3 is 6.18 Å². The highest BCUT2D eigenvalue weighted by atomic mass is 19.4. The molecular weight excluding hydrogens is 499 g/mol. The van der Waals surface area contributed by atoms with E-state index in [0.717, 1.165) is 17.5 Å². The van der Waals surface area contributed by atoms with Gasteiger partial charge in [-0.25, -0.2) is 0 Å². The predicted molar refractivity (Wildman–Crippen MR) is 140 cm³/mol. The number of alkyl halides is 3. The number of amides is 1. The number of aromatic amines is 1. The first-order valence-corrected chi connectivity index (χ1v) is 12.5. The average molecular weight is 528 g/mol. The molecule has 0 saturated carbocycles. The number of H-pyrrole nitrogens is 1. The summed E-state index contributed by atoms with van der Waals surface area (Å²) >= 11 is 0. The van der Waals surface area contributed by atoms with Crippen molar-refractivity contribution < 1.29 is 27.4 Å². The monoisotopic (exact) mass is 527 g/mol. The van der Waals surface area contributed by atoms with Crippen LogP contribution in [0.1, 0.15) is 37.8 Å². The molecule has 5 rings (SSSR count). The van der Waals surface area contributed by atoms with Crippen molar-refractivity contribution in [3.63, 3.8) is 0 Å². The molecule has 1 fully saturated rings. The van der Waals surface area contributed by atoms with Gasteiger partial charge in [0.2, 0.25) is 5.91 Å². The third-order valence-electron chi connectivity index (χ3n) is 6.66. The second-order valence-electron chi connectivity index (χ2n) is 9.77. The SMILES string of the molecule is C[C@@H]1CN(c2cc3ccc(NC(=O)C=C4CCCOc5cc(C(F)(F)F)ccc54)cc3[nH]c2=O)C[C@H](C)O1. The lowest BCUT2D eigenvalue weighted by atomic mass is 9.99. The van der Waals surface area contributed by atoms with Gasteiger partial charge in [0.05, 0.1) is 29.9 Å². The highest BCUT2D eigenvalue weighted by Crippen LogP contribution is 2.38. The standard InChI is InChI=1S/C28H28F3N3O4/c1-16-14-34(15-17(2)38-16)24-10-19-5-7-21(13-23(19)33-27(24)36)32-26(35)11-18-4-3-9-37-25-12-20(28(29,30)31)6-8-22(18)25/h5-8,10-13,16-17H,3-4,9,14-15H2,1-2H3,(H,32,35)(H,33,36)/t16-,17+. The Kier molecular flexibility index (Phi) is 6.92. The molecule has 1 aromatic heterocycles. The van der Waals surface area contributed by atoms with E-state index >= 15 is 0 Å². The Hall–Kier alpha value is -3.79. The normalized spacial score (nSPS) is 21.1. The lowest BCUT2D eigenvalue weighted by molar-refractivity contribution is -0.137. The fourth-order valence-electron chi connectivity index (χ4n) is 5.03. The lowest BCUT2D eigenvalue weighted by Crippen LogP contribution is -2.47. The van der Waals surface area contributed by atoms with Crippen LogP contribution in [0, 0.1) is 0 Å². The van der Waals surface area contributed by atoms with Gasteiger partial charge in [-0.05, 0) is 62.6 Å². The average Bonchev–Trinajstić information content (AvgIpc) is 3.04. The van der Waals surface area contributed by atoms with E-state index in [1.54, 1.807) is 12.1 Å². The zero-order valence-electron chi connectivity index (χ0n) is 21.0. The molecule has 1 saturated heterocycles. The van der Waals surface area contributed by atoms with Gasteiger partial charge in [-0.2, -0.15) is 13.2 Å². The summed E-state index contributed by atoms with van der Waals surface area (Å²) in [5.74, 6) is -0.318. The number of pyridine rings is 1. The largest absolute Gasteiger partial charge is 0.493 e. The topological polar surface area (TPSA) is 83.7 Å². The molecule has 0 spiro atoms. The van der Waals surface area contributed by atoms with Crippen LogP contribution >= 0.6 is 0 Å². The summed E-state index contributed by atoms with van der Waals surface area (Å²) in [5.41, 5.74) is 1.67. The number of anilines is 2. The number of fused-ring (bicyclic) bond motifs is 2. The number of nitrogens with zero attached hydrogens (tertiary/aromatic N) is 1. The van der Waals surface area contributed by atoms with Crippen molar-refractivity contribution in [2.75, 3.05) is 29.9 Å². The maximum Gasteiger partial charge on any atom is 0.416 e. The molecule has 200 valence electrons. The predicted octanol–water partition coefficient (Wildman–Crippen LogP) is 5.36. The van der Waals surface area contributed by atoms with Gasteiger partial charge in [0, 0.05) is 35.8 Å². The molecule has 2 N–H and O–H groups in total. The molecule has 7 nitrogen and oxygen atoms in total. The summed E-state index contributed by atoms with van der Waals surface area (Å²) in [6, 6.07) is 10.4. The van der Waals surface area contributed by atoms with Gasteiger partial charge in [0.1, 0.15) is 11.4 Å². The Bertz CT molecular complexity index is 1450. The number of morpholine rings is 1. The van der Waals surface area contributed by atoms with Crippen LogP contribution in [-0.2, 0) is 15.7 Å². The van der Waals surface area contributed by atoms with Crippen molar-refractivity contribution in [2.45, 2.75) is 45.1 Å². The first-order valence-electron chi connectivity index (χ1n) is 12.5. The first-order chi connectivity index (χ1) is 18.1. The number of hydrogen-bond donors (Lipinski definition) is 2. The van der Waals surface area contributed by atoms with Crippen molar-refractivity contribution in [3.8, 4) is 5.75 Å². The summed E-state index contributed by atoms with van der Waals surface area (Å²) in [4.78, 5) is 30.6. The van der Waals surface area contributed by atoms with Crippen LogP contribution in [0.4, 0.5) is 24.5 Å². The number of carbonyl (C=O) groups excluding carboxylic acids is 1. The van der Waals surface area contributed by atoms with E-state index in [4.69, 9.17) is 9.47 Å². The van der Waals surface area contributed by atoms with Crippen molar-refractivity contribution in [2.24, 2.45) is 0 Å². The minimum atomic E-state index is -4.48. The molecule has 0 unspecified atom stereocenters. The van der Waals surface area contributed by atoms with Gasteiger partial charge in [0.25, 0.3) is 5.56 Å². The maximum absolute atomic E-state index is 13.1. The first kappa shape index (κ1) is 25.8. The zero-order valence-corrected chi connectivity index (χ0v) is 21.0. The third-order valence-corrected chi connectivity index (χ3v) is 6.66. The smallest absolute Gasteiger partial charge is 0.416 e. The number of rotatable bonds is 3. The number of ether oxygens (including phenoxy) is 2. The summed E-state index contributed by atoms with van der Waals surface area (Å²) in [6.07, 6.45) is -2.02. The molecular formula is C28H28F3N3O4. The van der Waals surface area contributed by atoms with Gasteiger partial charge in [-0.15, -0.1) is 0 Å². The Morgan fingerprint density at radius 1 is 1.11 bits per heavy atom. The Morgan fingerprint density at radius 3 is 2.61 bits per heavy atom. The number of benzene rings is 2. The maximum atomic E-state index is 13.1. The molecule has 2 aliphatic heterocycles. The summed E-state index contributed by atoms with van der Waals surface area (Å²) in [7, 11) is 0. The number of carbonyl (C=O) groups is 1. The van der Waals surface area contributed by atoms with E-state index in [1.807, 2.05) is 30.9 Å². The van der Waals surface area contributed by atoms with E-state index < -0.39 is 17.6 Å². The summed E-state index contributed by atoms with van der Waals surface area (Å²) < 4.78 is 50.7. The molecule has 0 bridgehead atoms. The van der Waals surface area contributed by atoms with Crippen LogP contribution in [0.5, 0.6) is 5.75 Å². The zero-order chi connectivity index (χ0) is 27.0. The number of halogens is 3. The highest BCUT2D eigenvalue weighted by Gasteiger charge is 2.32. The fourth-order valence-corrected chi connectivity index (χ4v) is 5.03. The Labute approximate surface area is 217 Å². The van der Waals surface area contributed by atoms with Crippen LogP contribution in [0.25, 0.3) is 16.5 Å². The van der Waals surface area contributed by atoms with E-state index in [-0.39, 0.29) is 30.1 Å². The highest BCUT2D eigenvalue weighted by molar-refractivity contribution is 6.05. The number of aromatic nitrogens is 1. The molecule has 38 heavy (non-hydrogen) atoms. The van der Waals surface area contributed by atoms with Crippen molar-refractivity contribution in [1.29, 1.82) is 0 Å². The molecule has 2 aliphatic rings. The number of nitrogens with one attached hydrogen (secondary N) is 2. The molecule has 3 heterocycles. The van der Waals surface area contributed by atoms with Gasteiger partial charge in [-0.1, -0.05) is 12.1 Å². The van der Waals surface area contributed by atoms with Crippen LogP contribution < -0.4 is 20.5 Å². The minimum Gasteiger partial charge on any atom is -0.493 e. The van der Waals surface area contributed by atoms with E-state index in [1.165, 1.54) is 12.1 Å². The Balaban J connectivity index is 1.37. The second-order valence-corrected chi connectivity index (χ2v) is 9.77. The molecule has 10 heteroatoms. The third kappa shape index (κ3) is 5.55. The second kappa shape index (κ2) is 10.2. The van der Waals surface area contributed by atoms with Crippen molar-refractivity contribution in [1.82, 2.24) is 4.98 Å². The van der Waals surface area contributed by atoms with E-state index in [2.05, 4.69) is 10.3 Å². The molecule has 3 aromatic rings. The fraction of sp³-hybridized carbons (Fsp3) is 0.357. The molecule has 2 atom stereocenters. The van der Waals surface area contributed by atoms with Crippen LogP contribution in [0.2, 0.25) is 0 Å². The van der Waals surface area contributed by atoms with Crippen LogP contribution in [0.15, 0.2) is 53.3 Å². The minimum absolute atomic E-state index is 0.0132. The Morgan fingerprint density at radius 2 is 1.87 bits per heavy atom. The molecule has 0 aliphatic carbocycles. The number of allylic oxidation sites excluding steroid dienone is 1. The number of hydrogen-bond acceptors (Lipinski definition) is 5. The van der Waals surface area contributed by atoms with E-state index in [0.29, 0.717) is 54.0 Å². The van der Waals surface area contributed by atoms with Crippen LogP contribution in [-0.4, -0.2) is 42.8 Å². The lowest BCUT2D eigenvalue weighted by Gasteiger charge is -2.36. The van der Waals surface area contributed by atoms with Gasteiger partial charge < -0.3 is 24.7 Å². The van der Waals surface area contributed by atoms with Crippen molar-refractivity contribution >= 4 is 33.8 Å². The van der Waals surface area contributed by atoms with Crippen molar-refractivity contribution in [3.05, 3.63) is 70.0 Å². The van der Waals surface area contributed by atoms with Gasteiger partial charge in [-0.3, -0.25) is 9.59 Å². The summed E-state index contributed by atoms with van der Waals surface area (Å²) in [6.45, 7) is 5.45. The van der Waals surface area contributed by atoms with Gasteiger partial charge in [0.15, 0.2) is 0 Å². The quantitative estimate of drug-likeness (QED) is 0.449. The molecule has 0 radical (unpaired) electrons. The summed E-state index contributed by atoms with van der Waals surface area (Å²) in [5, 5.41) is 3.61. The molecule has 2 aromatic carbocycles. The van der Waals surface area contributed by atoms with E-state index in [9.17, 15) is 22.8 Å². The van der Waals surface area contributed by atoms with Crippen LogP contribution in [0.3, 0.4) is 0 Å².